The van der Waals surface area contributed by atoms with Crippen LogP contribution in [-0.2, 0) is 17.9 Å². The summed E-state index contributed by atoms with van der Waals surface area (Å²) in [5.41, 5.74) is 1.31. The van der Waals surface area contributed by atoms with E-state index in [1.165, 1.54) is 11.8 Å². The topological polar surface area (TPSA) is 82.5 Å². The van der Waals surface area contributed by atoms with Gasteiger partial charge in [0.2, 0.25) is 12.7 Å². The van der Waals surface area contributed by atoms with Crippen LogP contribution < -0.4 is 20.3 Å². The molecule has 1 aromatic heterocycles. The van der Waals surface area contributed by atoms with E-state index in [0.717, 1.165) is 5.56 Å². The molecule has 7 nitrogen and oxygen atoms in total. The number of thioether (sulfide) groups is 1. The fourth-order valence-electron chi connectivity index (χ4n) is 3.39. The summed E-state index contributed by atoms with van der Waals surface area (Å²) in [6, 6.07) is 10.6. The van der Waals surface area contributed by atoms with Crippen molar-refractivity contribution in [1.29, 1.82) is 0 Å². The van der Waals surface area contributed by atoms with Crippen molar-refractivity contribution in [2.75, 3.05) is 6.79 Å². The quantitative estimate of drug-likeness (QED) is 0.408. The molecule has 3 aromatic rings. The number of hydrogen-bond acceptors (Lipinski definition) is 6. The first kappa shape index (κ1) is 22.5. The molecule has 0 fully saturated rings. The third-order valence-corrected chi connectivity index (χ3v) is 6.31. The molecule has 1 unspecified atom stereocenters. The molecule has 1 N–H and O–H groups in total. The molecular weight excluding hydrogens is 450 g/mol. The Morgan fingerprint density at radius 1 is 1.19 bits per heavy atom. The maximum Gasteiger partial charge on any atom is 0.262 e. The second kappa shape index (κ2) is 9.42. The number of hydrogen-bond donors (Lipinski definition) is 1. The van der Waals surface area contributed by atoms with Gasteiger partial charge in [-0.05, 0) is 48.7 Å². The summed E-state index contributed by atoms with van der Waals surface area (Å²) in [6.45, 7) is 6.95. The highest BCUT2D eigenvalue weighted by Gasteiger charge is 2.20. The van der Waals surface area contributed by atoms with Crippen molar-refractivity contribution in [3.8, 4) is 11.5 Å². The molecule has 0 aliphatic carbocycles. The average molecular weight is 474 g/mol. The monoisotopic (exact) mass is 473 g/mol. The van der Waals surface area contributed by atoms with Gasteiger partial charge in [-0.1, -0.05) is 43.3 Å². The van der Waals surface area contributed by atoms with Gasteiger partial charge in [-0.3, -0.25) is 14.2 Å². The zero-order chi connectivity index (χ0) is 22.8. The van der Waals surface area contributed by atoms with Gasteiger partial charge in [0.05, 0.1) is 16.2 Å². The molecule has 1 atom stereocenters. The van der Waals surface area contributed by atoms with E-state index in [4.69, 9.17) is 21.1 Å². The van der Waals surface area contributed by atoms with Crippen molar-refractivity contribution >= 4 is 40.2 Å². The molecule has 1 aliphatic rings. The number of rotatable bonds is 7. The zero-order valence-corrected chi connectivity index (χ0v) is 19.6. The Labute approximate surface area is 195 Å². The van der Waals surface area contributed by atoms with Gasteiger partial charge >= 0.3 is 0 Å². The molecule has 0 spiro atoms. The van der Waals surface area contributed by atoms with Crippen molar-refractivity contribution in [3.63, 3.8) is 0 Å². The van der Waals surface area contributed by atoms with Gasteiger partial charge in [0.15, 0.2) is 16.7 Å². The Bertz CT molecular complexity index is 1230. The molecular formula is C23H24ClN3O4S. The zero-order valence-electron chi connectivity index (χ0n) is 18.1. The number of ether oxygens (including phenoxy) is 2. The van der Waals surface area contributed by atoms with Gasteiger partial charge < -0.3 is 14.8 Å². The lowest BCUT2D eigenvalue weighted by molar-refractivity contribution is -0.120. The highest BCUT2D eigenvalue weighted by Crippen LogP contribution is 2.32. The molecule has 1 amide bonds. The first-order chi connectivity index (χ1) is 15.3. The van der Waals surface area contributed by atoms with Crippen LogP contribution in [0.4, 0.5) is 0 Å². The van der Waals surface area contributed by atoms with Crippen LogP contribution in [0.5, 0.6) is 11.5 Å². The molecule has 0 bridgehead atoms. The number of fused-ring (bicyclic) bond motifs is 2. The van der Waals surface area contributed by atoms with Crippen LogP contribution in [-0.4, -0.2) is 27.5 Å². The number of nitrogens with one attached hydrogen (secondary N) is 1. The van der Waals surface area contributed by atoms with E-state index in [1.54, 1.807) is 29.7 Å². The summed E-state index contributed by atoms with van der Waals surface area (Å²) >= 11 is 7.36. The maximum atomic E-state index is 13.1. The van der Waals surface area contributed by atoms with Gasteiger partial charge in [0.25, 0.3) is 5.56 Å². The van der Waals surface area contributed by atoms with E-state index in [-0.39, 0.29) is 24.2 Å². The molecule has 0 saturated heterocycles. The smallest absolute Gasteiger partial charge is 0.262 e. The third-order valence-electron chi connectivity index (χ3n) is 4.99. The largest absolute Gasteiger partial charge is 0.454 e. The normalized spacial score (nSPS) is 13.5. The minimum atomic E-state index is -0.453. The lowest BCUT2D eigenvalue weighted by Crippen LogP contribution is -2.32. The molecule has 2 aromatic carbocycles. The standard InChI is InChI=1S/C23H24ClN3O4S/c1-13(2)11-27-22(29)17-6-5-16(24)9-18(17)26-23(27)32-14(3)21(28)25-10-15-4-7-19-20(8-15)31-12-30-19/h4-9,13-14H,10-12H2,1-3H3,(H,25,28). The fraction of sp³-hybridized carbons (Fsp3) is 0.348. The number of nitrogens with zero attached hydrogens (tertiary/aromatic N) is 2. The number of benzene rings is 2. The maximum absolute atomic E-state index is 13.1. The van der Waals surface area contributed by atoms with E-state index in [0.29, 0.717) is 45.7 Å². The molecule has 2 heterocycles. The van der Waals surface area contributed by atoms with Crippen molar-refractivity contribution in [2.24, 2.45) is 5.92 Å². The lowest BCUT2D eigenvalue weighted by atomic mass is 10.2. The first-order valence-corrected chi connectivity index (χ1v) is 11.6. The van der Waals surface area contributed by atoms with Crippen LogP contribution in [0, 0.1) is 5.92 Å². The highest BCUT2D eigenvalue weighted by molar-refractivity contribution is 8.00. The number of carbonyl (C=O) groups is 1. The Kier molecular flexibility index (Phi) is 6.62. The second-order valence-electron chi connectivity index (χ2n) is 8.03. The second-order valence-corrected chi connectivity index (χ2v) is 9.78. The van der Waals surface area contributed by atoms with E-state index in [1.807, 2.05) is 32.0 Å². The summed E-state index contributed by atoms with van der Waals surface area (Å²) in [7, 11) is 0. The van der Waals surface area contributed by atoms with Crippen LogP contribution in [0.1, 0.15) is 26.3 Å². The molecule has 0 saturated carbocycles. The Morgan fingerprint density at radius 3 is 2.75 bits per heavy atom. The molecule has 4 rings (SSSR count). The van der Waals surface area contributed by atoms with Crippen molar-refractivity contribution in [3.05, 3.63) is 57.3 Å². The van der Waals surface area contributed by atoms with E-state index >= 15 is 0 Å². The molecule has 1 aliphatic heterocycles. The number of amides is 1. The fourth-order valence-corrected chi connectivity index (χ4v) is 4.49. The summed E-state index contributed by atoms with van der Waals surface area (Å²) in [4.78, 5) is 30.5. The summed E-state index contributed by atoms with van der Waals surface area (Å²) in [5.74, 6) is 1.48. The van der Waals surface area contributed by atoms with Crippen LogP contribution in [0.15, 0.2) is 46.3 Å². The van der Waals surface area contributed by atoms with Crippen LogP contribution in [0.3, 0.4) is 0 Å². The van der Waals surface area contributed by atoms with Gasteiger partial charge in [0.1, 0.15) is 0 Å². The predicted molar refractivity (Wildman–Crippen MR) is 126 cm³/mol. The summed E-state index contributed by atoms with van der Waals surface area (Å²) < 4.78 is 12.3. The van der Waals surface area contributed by atoms with E-state index in [9.17, 15) is 9.59 Å². The predicted octanol–water partition coefficient (Wildman–Crippen LogP) is 4.23. The first-order valence-electron chi connectivity index (χ1n) is 10.3. The average Bonchev–Trinajstić information content (AvgIpc) is 3.22. The van der Waals surface area contributed by atoms with E-state index < -0.39 is 5.25 Å². The molecule has 0 radical (unpaired) electrons. The van der Waals surface area contributed by atoms with Gasteiger partial charge in [-0.25, -0.2) is 4.98 Å². The van der Waals surface area contributed by atoms with Gasteiger partial charge in [-0.2, -0.15) is 0 Å². The van der Waals surface area contributed by atoms with Crippen LogP contribution in [0.25, 0.3) is 10.9 Å². The van der Waals surface area contributed by atoms with Crippen molar-refractivity contribution in [2.45, 2.75) is 44.3 Å². The number of aromatic nitrogens is 2. The molecule has 32 heavy (non-hydrogen) atoms. The highest BCUT2D eigenvalue weighted by atomic mass is 35.5. The minimum Gasteiger partial charge on any atom is -0.454 e. The van der Waals surface area contributed by atoms with Crippen molar-refractivity contribution in [1.82, 2.24) is 14.9 Å². The van der Waals surface area contributed by atoms with Crippen LogP contribution in [0.2, 0.25) is 5.02 Å². The van der Waals surface area contributed by atoms with Crippen LogP contribution >= 0.6 is 23.4 Å². The molecule has 9 heteroatoms. The van der Waals surface area contributed by atoms with Gasteiger partial charge in [-0.15, -0.1) is 0 Å². The Hall–Kier alpha value is -2.71. The Morgan fingerprint density at radius 2 is 1.97 bits per heavy atom. The summed E-state index contributed by atoms with van der Waals surface area (Å²) in [5, 5.41) is 4.01. The minimum absolute atomic E-state index is 0.129. The third kappa shape index (κ3) is 4.86. The number of halogens is 1. The lowest BCUT2D eigenvalue weighted by Gasteiger charge is -2.17. The van der Waals surface area contributed by atoms with E-state index in [2.05, 4.69) is 10.3 Å². The Balaban J connectivity index is 1.52. The summed E-state index contributed by atoms with van der Waals surface area (Å²) in [6.07, 6.45) is 0. The SMILES string of the molecule is CC(C)Cn1c(SC(C)C(=O)NCc2ccc3c(c2)OCO3)nc2cc(Cl)ccc2c1=O. The van der Waals surface area contributed by atoms with Gasteiger partial charge in [0, 0.05) is 18.1 Å². The molecule has 168 valence electrons. The number of carbonyl (C=O) groups excluding carboxylic acids is 1. The van der Waals surface area contributed by atoms with Crippen molar-refractivity contribution < 1.29 is 14.3 Å².